The first-order chi connectivity index (χ1) is 7.19. The molecule has 2 amide bonds. The summed E-state index contributed by atoms with van der Waals surface area (Å²) in [7, 11) is 3.02. The molecule has 2 aliphatic rings. The van der Waals surface area contributed by atoms with Gasteiger partial charge in [-0.2, -0.15) is 5.06 Å². The Hall–Kier alpha value is -1.04. The molecular formula is C9H14BN2O3. The van der Waals surface area contributed by atoms with Gasteiger partial charge in [-0.25, -0.2) is 4.79 Å². The predicted molar refractivity (Wildman–Crippen MR) is 54.4 cm³/mol. The zero-order valence-corrected chi connectivity index (χ0v) is 8.97. The number of hydroxylamine groups is 2. The van der Waals surface area contributed by atoms with Gasteiger partial charge in [0.25, 0.3) is 0 Å². The van der Waals surface area contributed by atoms with Crippen LogP contribution in [0.4, 0.5) is 4.79 Å². The van der Waals surface area contributed by atoms with Crippen molar-refractivity contribution in [2.45, 2.75) is 31.7 Å². The Kier molecular flexibility index (Phi) is 2.69. The lowest BCUT2D eigenvalue weighted by Gasteiger charge is -2.29. The highest BCUT2D eigenvalue weighted by molar-refractivity contribution is 6.73. The summed E-state index contributed by atoms with van der Waals surface area (Å²) < 4.78 is 0. The molecule has 0 aromatic rings. The fourth-order valence-electron chi connectivity index (χ4n) is 2.35. The monoisotopic (exact) mass is 209 g/mol. The lowest BCUT2D eigenvalue weighted by molar-refractivity contribution is -0.116. The topological polar surface area (TPSA) is 49.9 Å². The molecule has 5 nitrogen and oxygen atoms in total. The lowest BCUT2D eigenvalue weighted by Crippen LogP contribution is -2.46. The third kappa shape index (κ3) is 1.53. The Morgan fingerprint density at radius 3 is 2.87 bits per heavy atom. The standard InChI is InChI=1S/C9H14BN2O3/c1-10-8(13)7-4-3-6-5-11(7)9(14)12(6)15-2/h6-7H,3-5H2,1-2H3/t6-,7-/m0/s1. The van der Waals surface area contributed by atoms with E-state index in [-0.39, 0.29) is 23.8 Å². The Morgan fingerprint density at radius 2 is 2.27 bits per heavy atom. The van der Waals surface area contributed by atoms with Crippen LogP contribution in [0, 0.1) is 0 Å². The van der Waals surface area contributed by atoms with E-state index >= 15 is 0 Å². The van der Waals surface area contributed by atoms with Gasteiger partial charge < -0.3 is 9.69 Å². The van der Waals surface area contributed by atoms with Crippen molar-refractivity contribution in [1.82, 2.24) is 9.96 Å². The summed E-state index contributed by atoms with van der Waals surface area (Å²) in [6.07, 6.45) is 1.57. The van der Waals surface area contributed by atoms with Crippen LogP contribution in [0.15, 0.2) is 0 Å². The van der Waals surface area contributed by atoms with Gasteiger partial charge in [0, 0.05) is 6.54 Å². The van der Waals surface area contributed by atoms with Gasteiger partial charge >= 0.3 is 6.03 Å². The van der Waals surface area contributed by atoms with Crippen molar-refractivity contribution in [2.24, 2.45) is 0 Å². The average molecular weight is 209 g/mol. The number of carbonyl (C=O) groups excluding carboxylic acids is 2. The molecule has 0 aliphatic carbocycles. The largest absolute Gasteiger partial charge is 0.344 e. The second-order valence-corrected chi connectivity index (χ2v) is 3.88. The summed E-state index contributed by atoms with van der Waals surface area (Å²) in [6.45, 7) is 2.32. The molecule has 2 saturated heterocycles. The van der Waals surface area contributed by atoms with E-state index in [9.17, 15) is 9.59 Å². The average Bonchev–Trinajstić information content (AvgIpc) is 2.51. The van der Waals surface area contributed by atoms with Crippen LogP contribution in [0.1, 0.15) is 12.8 Å². The van der Waals surface area contributed by atoms with Gasteiger partial charge in [0.05, 0.1) is 19.2 Å². The van der Waals surface area contributed by atoms with E-state index in [1.165, 1.54) is 19.5 Å². The second kappa shape index (κ2) is 3.85. The summed E-state index contributed by atoms with van der Waals surface area (Å²) in [4.78, 5) is 30.0. The summed E-state index contributed by atoms with van der Waals surface area (Å²) in [6, 6.07) is -0.345. The molecule has 0 saturated carbocycles. The zero-order chi connectivity index (χ0) is 11.0. The summed E-state index contributed by atoms with van der Waals surface area (Å²) in [5.74, 6) is 0. The maximum Gasteiger partial charge on any atom is 0.344 e. The molecule has 0 N–H and O–H groups in total. The van der Waals surface area contributed by atoms with Crippen molar-refractivity contribution >= 4 is 19.0 Å². The summed E-state index contributed by atoms with van der Waals surface area (Å²) >= 11 is 0. The van der Waals surface area contributed by atoms with Gasteiger partial charge in [-0.1, -0.05) is 6.82 Å². The Labute approximate surface area is 89.5 Å². The first kappa shape index (κ1) is 10.5. The highest BCUT2D eigenvalue weighted by Crippen LogP contribution is 2.29. The fraction of sp³-hybridized carbons (Fsp3) is 0.778. The highest BCUT2D eigenvalue weighted by atomic mass is 16.7. The molecule has 0 spiro atoms. The molecule has 6 heteroatoms. The summed E-state index contributed by atoms with van der Waals surface area (Å²) in [5.41, 5.74) is 0.0275. The summed E-state index contributed by atoms with van der Waals surface area (Å²) in [5, 5.41) is 1.38. The molecule has 15 heavy (non-hydrogen) atoms. The molecule has 2 fully saturated rings. The van der Waals surface area contributed by atoms with Crippen LogP contribution in [-0.4, -0.2) is 54.7 Å². The second-order valence-electron chi connectivity index (χ2n) is 3.88. The number of hydrogen-bond donors (Lipinski definition) is 0. The number of fused-ring (bicyclic) bond motifs is 2. The smallest absolute Gasteiger partial charge is 0.312 e. The molecule has 2 rings (SSSR count). The molecular weight excluding hydrogens is 195 g/mol. The van der Waals surface area contributed by atoms with E-state index in [1.54, 1.807) is 11.7 Å². The minimum atomic E-state index is -0.279. The van der Waals surface area contributed by atoms with Crippen LogP contribution in [0.2, 0.25) is 6.82 Å². The van der Waals surface area contributed by atoms with Crippen LogP contribution < -0.4 is 0 Å². The molecule has 2 atom stereocenters. The van der Waals surface area contributed by atoms with Crippen LogP contribution >= 0.6 is 0 Å². The van der Waals surface area contributed by atoms with Crippen LogP contribution in [-0.2, 0) is 9.63 Å². The number of rotatable bonds is 3. The van der Waals surface area contributed by atoms with E-state index in [0.29, 0.717) is 6.54 Å². The third-order valence-corrected chi connectivity index (χ3v) is 3.13. The van der Waals surface area contributed by atoms with Crippen LogP contribution in [0.3, 0.4) is 0 Å². The van der Waals surface area contributed by atoms with E-state index in [1.807, 2.05) is 0 Å². The number of carbonyl (C=O) groups is 2. The number of nitrogens with zero attached hydrogens (tertiary/aromatic N) is 2. The molecule has 2 aliphatic heterocycles. The first-order valence-corrected chi connectivity index (χ1v) is 5.16. The predicted octanol–water partition coefficient (Wildman–Crippen LogP) is 0.0953. The Balaban J connectivity index is 2.16. The normalized spacial score (nSPS) is 29.6. The molecule has 0 aromatic heterocycles. The Morgan fingerprint density at radius 1 is 1.53 bits per heavy atom. The van der Waals surface area contributed by atoms with Crippen LogP contribution in [0.5, 0.6) is 0 Å². The van der Waals surface area contributed by atoms with Crippen molar-refractivity contribution in [3.05, 3.63) is 0 Å². The first-order valence-electron chi connectivity index (χ1n) is 5.16. The van der Waals surface area contributed by atoms with E-state index in [2.05, 4.69) is 0 Å². The number of urea groups is 1. The van der Waals surface area contributed by atoms with Crippen LogP contribution in [0.25, 0.3) is 0 Å². The number of amides is 2. The maximum atomic E-state index is 11.8. The van der Waals surface area contributed by atoms with Crippen molar-refractivity contribution in [3.63, 3.8) is 0 Å². The maximum absolute atomic E-state index is 11.8. The molecule has 0 unspecified atom stereocenters. The van der Waals surface area contributed by atoms with E-state index in [0.717, 1.165) is 12.8 Å². The van der Waals surface area contributed by atoms with Gasteiger partial charge in [-0.15, -0.1) is 0 Å². The van der Waals surface area contributed by atoms with E-state index < -0.39 is 0 Å². The molecule has 81 valence electrons. The van der Waals surface area contributed by atoms with Gasteiger partial charge in [0.1, 0.15) is 5.68 Å². The third-order valence-electron chi connectivity index (χ3n) is 3.13. The van der Waals surface area contributed by atoms with Gasteiger partial charge in [0.2, 0.25) is 7.28 Å². The molecule has 0 aromatic carbocycles. The highest BCUT2D eigenvalue weighted by Gasteiger charge is 2.46. The minimum Gasteiger partial charge on any atom is -0.312 e. The van der Waals surface area contributed by atoms with Crippen molar-refractivity contribution < 1.29 is 14.4 Å². The minimum absolute atomic E-state index is 0.0275. The van der Waals surface area contributed by atoms with Gasteiger partial charge in [-0.3, -0.25) is 4.84 Å². The zero-order valence-electron chi connectivity index (χ0n) is 8.97. The lowest BCUT2D eigenvalue weighted by atomic mass is 9.71. The fourth-order valence-corrected chi connectivity index (χ4v) is 2.35. The van der Waals surface area contributed by atoms with E-state index in [4.69, 9.17) is 4.84 Å². The van der Waals surface area contributed by atoms with Crippen molar-refractivity contribution in [3.8, 4) is 0 Å². The SMILES string of the molecule is C[B]C(=O)[C@@H]1CC[C@H]2CN1C(=O)N2OC. The van der Waals surface area contributed by atoms with Crippen molar-refractivity contribution in [2.75, 3.05) is 13.7 Å². The Bertz CT molecular complexity index is 297. The van der Waals surface area contributed by atoms with Gasteiger partial charge in [0.15, 0.2) is 0 Å². The number of piperidine rings is 1. The number of hydrogen-bond acceptors (Lipinski definition) is 3. The van der Waals surface area contributed by atoms with Gasteiger partial charge in [-0.05, 0) is 12.8 Å². The molecule has 2 heterocycles. The molecule has 2 bridgehead atoms. The molecule has 1 radical (unpaired) electrons. The van der Waals surface area contributed by atoms with Crippen molar-refractivity contribution in [1.29, 1.82) is 0 Å². The quantitative estimate of drug-likeness (QED) is 0.619.